The third-order valence-electron chi connectivity index (χ3n) is 6.19. The number of fused-ring (bicyclic) bond motifs is 1. The van der Waals surface area contributed by atoms with Gasteiger partial charge in [0.2, 0.25) is 0 Å². The second-order valence-electron chi connectivity index (χ2n) is 8.66. The summed E-state index contributed by atoms with van der Waals surface area (Å²) in [6.45, 7) is 4.41. The van der Waals surface area contributed by atoms with Crippen LogP contribution in [0.1, 0.15) is 45.7 Å². The summed E-state index contributed by atoms with van der Waals surface area (Å²) in [5.41, 5.74) is 8.89. The number of carbonyl (C=O) groups excluding carboxylic acids is 1. The van der Waals surface area contributed by atoms with Crippen molar-refractivity contribution in [3.63, 3.8) is 0 Å². The number of hydrogen-bond acceptors (Lipinski definition) is 4. The van der Waals surface area contributed by atoms with Gasteiger partial charge in [0.15, 0.2) is 5.69 Å². The molecule has 0 unspecified atom stereocenters. The highest BCUT2D eigenvalue weighted by molar-refractivity contribution is 6.32. The van der Waals surface area contributed by atoms with Crippen LogP contribution in [-0.4, -0.2) is 47.0 Å². The largest absolute Gasteiger partial charge is 0.379 e. The fraction of sp³-hybridized carbons (Fsp3) is 0.308. The van der Waals surface area contributed by atoms with Crippen LogP contribution in [0.5, 0.6) is 0 Å². The number of nitrogens with zero attached hydrogens (tertiary/aromatic N) is 3. The van der Waals surface area contributed by atoms with Crippen molar-refractivity contribution in [2.75, 3.05) is 26.3 Å². The molecular formula is C26H26ClFN4O2. The van der Waals surface area contributed by atoms with Crippen LogP contribution in [0.3, 0.4) is 0 Å². The number of amides is 1. The fourth-order valence-electron chi connectivity index (χ4n) is 4.50. The number of aromatic nitrogens is 2. The summed E-state index contributed by atoms with van der Waals surface area (Å²) in [6.07, 6.45) is 4.50. The number of halogens is 2. The molecule has 1 aromatic heterocycles. The van der Waals surface area contributed by atoms with Crippen molar-refractivity contribution in [3.05, 3.63) is 81.4 Å². The SMILES string of the molecule is Cc1ccc(-n2nc(C(=O)NN3CCOCC3)c3c2/C(=C/c2ccc(F)cc2)CCC3)c(Cl)c1. The number of hydrogen-bond donors (Lipinski definition) is 1. The first kappa shape index (κ1) is 22.8. The third-order valence-corrected chi connectivity index (χ3v) is 6.49. The number of rotatable bonds is 4. The summed E-state index contributed by atoms with van der Waals surface area (Å²) >= 11 is 6.63. The van der Waals surface area contributed by atoms with E-state index in [2.05, 4.69) is 5.43 Å². The van der Waals surface area contributed by atoms with Gasteiger partial charge in [-0.2, -0.15) is 5.10 Å². The third kappa shape index (κ3) is 4.64. The molecule has 1 N–H and O–H groups in total. The van der Waals surface area contributed by atoms with Crippen molar-refractivity contribution in [2.45, 2.75) is 26.2 Å². The van der Waals surface area contributed by atoms with Gasteiger partial charge < -0.3 is 4.74 Å². The van der Waals surface area contributed by atoms with Crippen LogP contribution in [0.2, 0.25) is 5.02 Å². The van der Waals surface area contributed by atoms with Crippen LogP contribution in [0, 0.1) is 12.7 Å². The van der Waals surface area contributed by atoms with Crippen molar-refractivity contribution in [1.29, 1.82) is 0 Å². The van der Waals surface area contributed by atoms with Gasteiger partial charge >= 0.3 is 0 Å². The fourth-order valence-corrected chi connectivity index (χ4v) is 4.82. The lowest BCUT2D eigenvalue weighted by Crippen LogP contribution is -2.48. The number of hydrazine groups is 1. The van der Waals surface area contributed by atoms with Crippen molar-refractivity contribution in [2.24, 2.45) is 0 Å². The van der Waals surface area contributed by atoms with Gasteiger partial charge in [0.1, 0.15) is 5.82 Å². The molecule has 1 saturated heterocycles. The first-order valence-electron chi connectivity index (χ1n) is 11.5. The van der Waals surface area contributed by atoms with Crippen molar-refractivity contribution >= 4 is 29.2 Å². The predicted octanol–water partition coefficient (Wildman–Crippen LogP) is 4.83. The van der Waals surface area contributed by atoms with E-state index in [0.29, 0.717) is 37.0 Å². The monoisotopic (exact) mass is 480 g/mol. The van der Waals surface area contributed by atoms with Crippen LogP contribution in [0.4, 0.5) is 4.39 Å². The number of carbonyl (C=O) groups is 1. The minimum Gasteiger partial charge on any atom is -0.379 e. The Morgan fingerprint density at radius 3 is 2.65 bits per heavy atom. The number of aryl methyl sites for hydroxylation is 1. The molecule has 0 spiro atoms. The normalized spacial score (nSPS) is 17.6. The highest BCUT2D eigenvalue weighted by Crippen LogP contribution is 2.37. The lowest BCUT2D eigenvalue weighted by molar-refractivity contribution is 0.0124. The molecule has 3 aromatic rings. The Morgan fingerprint density at radius 1 is 1.15 bits per heavy atom. The van der Waals surface area contributed by atoms with Gasteiger partial charge in [0.25, 0.3) is 5.91 Å². The smallest absolute Gasteiger partial charge is 0.286 e. The van der Waals surface area contributed by atoms with E-state index in [-0.39, 0.29) is 11.7 Å². The molecule has 2 aromatic carbocycles. The Labute approximate surface area is 202 Å². The first-order valence-corrected chi connectivity index (χ1v) is 11.9. The average Bonchev–Trinajstić information content (AvgIpc) is 3.22. The van der Waals surface area contributed by atoms with Gasteiger partial charge in [-0.1, -0.05) is 29.8 Å². The summed E-state index contributed by atoms with van der Waals surface area (Å²) in [6, 6.07) is 12.2. The molecule has 2 aliphatic rings. The Bertz CT molecular complexity index is 1250. The molecule has 1 amide bonds. The van der Waals surface area contributed by atoms with Crippen LogP contribution in [0.25, 0.3) is 17.3 Å². The zero-order chi connectivity index (χ0) is 23.7. The van der Waals surface area contributed by atoms with Crippen LogP contribution >= 0.6 is 11.6 Å². The van der Waals surface area contributed by atoms with E-state index in [0.717, 1.165) is 52.9 Å². The summed E-state index contributed by atoms with van der Waals surface area (Å²) in [5.74, 6) is -0.506. The van der Waals surface area contributed by atoms with E-state index in [1.807, 2.05) is 36.2 Å². The lowest BCUT2D eigenvalue weighted by atomic mass is 9.89. The summed E-state index contributed by atoms with van der Waals surface area (Å²) < 4.78 is 20.6. The molecule has 1 fully saturated rings. The van der Waals surface area contributed by atoms with Gasteiger partial charge in [-0.25, -0.2) is 14.1 Å². The zero-order valence-electron chi connectivity index (χ0n) is 19.0. The van der Waals surface area contributed by atoms with Gasteiger partial charge in [-0.3, -0.25) is 10.2 Å². The molecule has 0 atom stereocenters. The average molecular weight is 481 g/mol. The lowest BCUT2D eigenvalue weighted by Gasteiger charge is -2.26. The Morgan fingerprint density at radius 2 is 1.91 bits per heavy atom. The topological polar surface area (TPSA) is 59.4 Å². The van der Waals surface area contributed by atoms with Crippen molar-refractivity contribution in [1.82, 2.24) is 20.2 Å². The van der Waals surface area contributed by atoms with E-state index >= 15 is 0 Å². The van der Waals surface area contributed by atoms with E-state index in [4.69, 9.17) is 21.4 Å². The molecule has 6 nitrogen and oxygen atoms in total. The maximum absolute atomic E-state index is 13.4. The summed E-state index contributed by atoms with van der Waals surface area (Å²) in [4.78, 5) is 13.3. The standard InChI is InChI=1S/C26H26ClFN4O2/c1-17-5-10-23(22(27)15-17)32-25-19(16-18-6-8-20(28)9-7-18)3-2-4-21(25)24(29-32)26(33)30-31-11-13-34-14-12-31/h5-10,15-16H,2-4,11-14H2,1H3,(H,30,33)/b19-16+. The number of nitrogens with one attached hydrogen (secondary N) is 1. The van der Waals surface area contributed by atoms with Gasteiger partial charge in [-0.05, 0) is 73.2 Å². The van der Waals surface area contributed by atoms with E-state index in [9.17, 15) is 9.18 Å². The molecule has 5 rings (SSSR count). The maximum atomic E-state index is 13.4. The Balaban J connectivity index is 1.61. The number of ether oxygens (including phenoxy) is 1. The Kier molecular flexibility index (Phi) is 6.50. The molecule has 0 bridgehead atoms. The number of benzene rings is 2. The molecule has 1 aliphatic carbocycles. The van der Waals surface area contributed by atoms with Crippen LogP contribution < -0.4 is 5.43 Å². The maximum Gasteiger partial charge on any atom is 0.286 e. The summed E-state index contributed by atoms with van der Waals surface area (Å²) in [7, 11) is 0. The van der Waals surface area contributed by atoms with Crippen LogP contribution in [-0.2, 0) is 11.2 Å². The molecule has 0 radical (unpaired) electrons. The zero-order valence-corrected chi connectivity index (χ0v) is 19.7. The molecule has 8 heteroatoms. The molecule has 34 heavy (non-hydrogen) atoms. The predicted molar refractivity (Wildman–Crippen MR) is 130 cm³/mol. The van der Waals surface area contributed by atoms with E-state index in [1.54, 1.807) is 16.8 Å². The van der Waals surface area contributed by atoms with Crippen molar-refractivity contribution in [3.8, 4) is 5.69 Å². The quantitative estimate of drug-likeness (QED) is 0.581. The van der Waals surface area contributed by atoms with E-state index < -0.39 is 0 Å². The second kappa shape index (κ2) is 9.70. The molecule has 0 saturated carbocycles. The van der Waals surface area contributed by atoms with Crippen LogP contribution in [0.15, 0.2) is 42.5 Å². The molecule has 2 heterocycles. The molecular weight excluding hydrogens is 455 g/mol. The Hall–Kier alpha value is -3.00. The van der Waals surface area contributed by atoms with E-state index in [1.165, 1.54) is 12.1 Å². The first-order chi connectivity index (χ1) is 16.5. The minimum atomic E-state index is -0.273. The highest BCUT2D eigenvalue weighted by atomic mass is 35.5. The summed E-state index contributed by atoms with van der Waals surface area (Å²) in [5, 5.41) is 7.22. The van der Waals surface area contributed by atoms with Gasteiger partial charge in [-0.15, -0.1) is 0 Å². The molecule has 176 valence electrons. The minimum absolute atomic E-state index is 0.233. The molecule has 1 aliphatic heterocycles. The van der Waals surface area contributed by atoms with Gasteiger partial charge in [0, 0.05) is 18.7 Å². The van der Waals surface area contributed by atoms with Gasteiger partial charge in [0.05, 0.1) is 29.6 Å². The number of allylic oxidation sites excluding steroid dienone is 1. The highest BCUT2D eigenvalue weighted by Gasteiger charge is 2.30. The number of morpholine rings is 1. The van der Waals surface area contributed by atoms with Crippen molar-refractivity contribution < 1.29 is 13.9 Å². The second-order valence-corrected chi connectivity index (χ2v) is 9.06.